The minimum atomic E-state index is -0.188. The highest BCUT2D eigenvalue weighted by atomic mass is 35.5. The van der Waals surface area contributed by atoms with Crippen LogP contribution < -0.4 is 5.32 Å². The minimum absolute atomic E-state index is 0. The van der Waals surface area contributed by atoms with Crippen molar-refractivity contribution in [2.75, 3.05) is 13.2 Å². The Hall–Kier alpha value is -0.580. The molecule has 1 aliphatic heterocycles. The Morgan fingerprint density at radius 3 is 3.13 bits per heavy atom. The monoisotopic (exact) mass is 247 g/mol. The smallest absolute Gasteiger partial charge is 0.348 e. The van der Waals surface area contributed by atoms with Crippen LogP contribution in [0.1, 0.15) is 27.0 Å². The number of ether oxygens (including phenoxy) is 1. The summed E-state index contributed by atoms with van der Waals surface area (Å²) in [6.45, 7) is 4.16. The molecular weight excluding hydrogens is 234 g/mol. The van der Waals surface area contributed by atoms with Crippen LogP contribution in [0.4, 0.5) is 0 Å². The summed E-state index contributed by atoms with van der Waals surface area (Å²) in [6.07, 6.45) is 1.02. The minimum Gasteiger partial charge on any atom is -0.462 e. The molecule has 0 atom stereocenters. The van der Waals surface area contributed by atoms with Gasteiger partial charge in [0, 0.05) is 11.4 Å². The van der Waals surface area contributed by atoms with E-state index in [2.05, 4.69) is 5.32 Å². The maximum atomic E-state index is 11.4. The van der Waals surface area contributed by atoms with Gasteiger partial charge in [0.1, 0.15) is 4.88 Å². The van der Waals surface area contributed by atoms with Crippen molar-refractivity contribution in [2.45, 2.75) is 19.9 Å². The second-order valence-electron chi connectivity index (χ2n) is 3.21. The van der Waals surface area contributed by atoms with Crippen LogP contribution in [-0.4, -0.2) is 19.1 Å². The van der Waals surface area contributed by atoms with Gasteiger partial charge < -0.3 is 10.1 Å². The van der Waals surface area contributed by atoms with Crippen LogP contribution in [0, 0.1) is 0 Å². The average molecular weight is 248 g/mol. The summed E-state index contributed by atoms with van der Waals surface area (Å²) in [5, 5.41) is 3.28. The summed E-state index contributed by atoms with van der Waals surface area (Å²) >= 11 is 1.55. The lowest BCUT2D eigenvalue weighted by atomic mass is 10.1. The van der Waals surface area contributed by atoms with Gasteiger partial charge >= 0.3 is 5.97 Å². The highest BCUT2D eigenvalue weighted by Gasteiger charge is 2.17. The average Bonchev–Trinajstić information content (AvgIpc) is 2.61. The van der Waals surface area contributed by atoms with E-state index < -0.39 is 0 Å². The van der Waals surface area contributed by atoms with Gasteiger partial charge in [0.25, 0.3) is 0 Å². The number of halogens is 1. The zero-order valence-corrected chi connectivity index (χ0v) is 10.2. The van der Waals surface area contributed by atoms with Gasteiger partial charge in [0.05, 0.1) is 6.61 Å². The predicted molar refractivity (Wildman–Crippen MR) is 62.9 cm³/mol. The van der Waals surface area contributed by atoms with E-state index in [-0.39, 0.29) is 18.4 Å². The van der Waals surface area contributed by atoms with Gasteiger partial charge in [-0.1, -0.05) is 0 Å². The van der Waals surface area contributed by atoms with Crippen LogP contribution in [0.2, 0.25) is 0 Å². The molecule has 5 heteroatoms. The fourth-order valence-corrected chi connectivity index (χ4v) is 2.63. The second kappa shape index (κ2) is 5.49. The number of carbonyl (C=O) groups is 1. The number of fused-ring (bicyclic) bond motifs is 1. The third-order valence-corrected chi connectivity index (χ3v) is 3.39. The van der Waals surface area contributed by atoms with E-state index >= 15 is 0 Å². The summed E-state index contributed by atoms with van der Waals surface area (Å²) < 4.78 is 4.96. The zero-order chi connectivity index (χ0) is 9.97. The normalized spacial score (nSPS) is 13.9. The largest absolute Gasteiger partial charge is 0.462 e. The Balaban J connectivity index is 0.00000112. The van der Waals surface area contributed by atoms with Gasteiger partial charge in [0.15, 0.2) is 0 Å². The van der Waals surface area contributed by atoms with Gasteiger partial charge in [-0.15, -0.1) is 23.7 Å². The molecule has 3 nitrogen and oxygen atoms in total. The second-order valence-corrected chi connectivity index (χ2v) is 4.34. The molecule has 0 radical (unpaired) electrons. The molecular formula is C10H14ClNO2S. The first-order valence-electron chi connectivity index (χ1n) is 4.80. The molecule has 1 aromatic rings. The number of hydrogen-bond acceptors (Lipinski definition) is 4. The fraction of sp³-hybridized carbons (Fsp3) is 0.500. The molecule has 0 aromatic carbocycles. The summed E-state index contributed by atoms with van der Waals surface area (Å²) in [5.74, 6) is -0.188. The molecule has 0 bridgehead atoms. The van der Waals surface area contributed by atoms with Gasteiger partial charge in [-0.05, 0) is 31.5 Å². The standard InChI is InChI=1S/C10H13NO2S.ClH/c1-2-13-10(12)8-5-7-3-4-11-6-9(7)14-8;/h5,11H,2-4,6H2,1H3;1H. The van der Waals surface area contributed by atoms with Gasteiger partial charge in [-0.2, -0.15) is 0 Å². The SMILES string of the molecule is CCOC(=O)c1cc2c(s1)CNCC2.Cl. The van der Waals surface area contributed by atoms with Crippen molar-refractivity contribution in [3.63, 3.8) is 0 Å². The van der Waals surface area contributed by atoms with E-state index in [0.29, 0.717) is 6.61 Å². The topological polar surface area (TPSA) is 38.3 Å². The van der Waals surface area contributed by atoms with Crippen molar-refractivity contribution in [2.24, 2.45) is 0 Å². The molecule has 0 unspecified atom stereocenters. The molecule has 0 spiro atoms. The molecule has 2 heterocycles. The van der Waals surface area contributed by atoms with Crippen molar-refractivity contribution >= 4 is 29.7 Å². The first-order valence-corrected chi connectivity index (χ1v) is 5.62. The number of hydrogen-bond donors (Lipinski definition) is 1. The summed E-state index contributed by atoms with van der Waals surface area (Å²) in [4.78, 5) is 13.4. The van der Waals surface area contributed by atoms with Gasteiger partial charge in [-0.25, -0.2) is 4.79 Å². The number of rotatable bonds is 2. The zero-order valence-electron chi connectivity index (χ0n) is 8.54. The van der Waals surface area contributed by atoms with Crippen molar-refractivity contribution in [1.82, 2.24) is 5.32 Å². The maximum absolute atomic E-state index is 11.4. The summed E-state index contributed by atoms with van der Waals surface area (Å²) in [5.41, 5.74) is 1.30. The van der Waals surface area contributed by atoms with Crippen molar-refractivity contribution < 1.29 is 9.53 Å². The van der Waals surface area contributed by atoms with Gasteiger partial charge in [0.2, 0.25) is 0 Å². The lowest BCUT2D eigenvalue weighted by Gasteiger charge is -2.10. The first-order chi connectivity index (χ1) is 6.81. The molecule has 2 rings (SSSR count). The van der Waals surface area contributed by atoms with E-state index in [1.54, 1.807) is 11.3 Å². The van der Waals surface area contributed by atoms with E-state index in [4.69, 9.17) is 4.74 Å². The van der Waals surface area contributed by atoms with Crippen LogP contribution in [0.5, 0.6) is 0 Å². The Morgan fingerprint density at radius 1 is 1.67 bits per heavy atom. The maximum Gasteiger partial charge on any atom is 0.348 e. The predicted octanol–water partition coefficient (Wildman–Crippen LogP) is 1.99. The Morgan fingerprint density at radius 2 is 2.47 bits per heavy atom. The van der Waals surface area contributed by atoms with Gasteiger partial charge in [-0.3, -0.25) is 0 Å². The molecule has 84 valence electrons. The Kier molecular flexibility index (Phi) is 4.57. The Bertz CT molecular complexity index is 328. The molecule has 1 N–H and O–H groups in total. The molecule has 0 fully saturated rings. The van der Waals surface area contributed by atoms with Crippen molar-refractivity contribution in [3.8, 4) is 0 Å². The number of nitrogens with one attached hydrogen (secondary N) is 1. The number of thiophene rings is 1. The molecule has 0 saturated heterocycles. The first kappa shape index (κ1) is 12.5. The van der Waals surface area contributed by atoms with E-state index in [9.17, 15) is 4.79 Å². The third kappa shape index (κ3) is 2.71. The highest BCUT2D eigenvalue weighted by Crippen LogP contribution is 2.25. The fourth-order valence-electron chi connectivity index (χ4n) is 1.56. The van der Waals surface area contributed by atoms with Crippen LogP contribution in [0.3, 0.4) is 0 Å². The quantitative estimate of drug-likeness (QED) is 0.813. The molecule has 1 aromatic heterocycles. The van der Waals surface area contributed by atoms with Crippen LogP contribution in [0.15, 0.2) is 6.07 Å². The summed E-state index contributed by atoms with van der Waals surface area (Å²) in [7, 11) is 0. The molecule has 1 aliphatic rings. The highest BCUT2D eigenvalue weighted by molar-refractivity contribution is 7.14. The summed E-state index contributed by atoms with van der Waals surface area (Å²) in [6, 6.07) is 1.97. The number of carbonyl (C=O) groups excluding carboxylic acids is 1. The molecule has 0 aliphatic carbocycles. The van der Waals surface area contributed by atoms with Crippen molar-refractivity contribution in [1.29, 1.82) is 0 Å². The lowest BCUT2D eigenvalue weighted by molar-refractivity contribution is 0.0532. The molecule has 0 amide bonds. The van der Waals surface area contributed by atoms with E-state index in [1.165, 1.54) is 10.4 Å². The van der Waals surface area contributed by atoms with E-state index in [1.807, 2.05) is 13.0 Å². The van der Waals surface area contributed by atoms with E-state index in [0.717, 1.165) is 24.4 Å². The van der Waals surface area contributed by atoms with Crippen LogP contribution in [0.25, 0.3) is 0 Å². The van der Waals surface area contributed by atoms with Crippen LogP contribution in [-0.2, 0) is 17.7 Å². The lowest BCUT2D eigenvalue weighted by Crippen LogP contribution is -2.21. The molecule has 0 saturated carbocycles. The Labute approximate surface area is 99.2 Å². The van der Waals surface area contributed by atoms with Crippen LogP contribution >= 0.6 is 23.7 Å². The number of esters is 1. The molecule has 15 heavy (non-hydrogen) atoms. The van der Waals surface area contributed by atoms with Crippen molar-refractivity contribution in [3.05, 3.63) is 21.4 Å². The third-order valence-electron chi connectivity index (χ3n) is 2.23.